The molecular weight excluding hydrogens is 434 g/mol. The molecule has 0 radical (unpaired) electrons. The van der Waals surface area contributed by atoms with Gasteiger partial charge in [-0.1, -0.05) is 25.1 Å². The minimum atomic E-state index is -0.503. The van der Waals surface area contributed by atoms with Crippen molar-refractivity contribution in [1.82, 2.24) is 9.97 Å². The first kappa shape index (κ1) is 24.6. The molecule has 0 unspecified atom stereocenters. The summed E-state index contributed by atoms with van der Waals surface area (Å²) in [6.45, 7) is 3.84. The first-order valence-corrected chi connectivity index (χ1v) is 11.0. The minimum Gasteiger partial charge on any atom is -0.375 e. The average Bonchev–Trinajstić information content (AvgIpc) is 2.84. The molecule has 178 valence electrons. The zero-order chi connectivity index (χ0) is 24.3. The molecule has 0 saturated carbocycles. The number of ether oxygens (including phenoxy) is 1. The Bertz CT molecular complexity index is 1120. The van der Waals surface area contributed by atoms with Gasteiger partial charge in [0.15, 0.2) is 0 Å². The number of hydrogen-bond donors (Lipinski definition) is 5. The molecule has 0 bridgehead atoms. The van der Waals surface area contributed by atoms with Crippen molar-refractivity contribution in [3.05, 3.63) is 71.4 Å². The van der Waals surface area contributed by atoms with Gasteiger partial charge in [-0.15, -0.1) is 0 Å². The molecule has 0 atom stereocenters. The Kier molecular flexibility index (Phi) is 8.89. The Hall–Kier alpha value is -4.02. The van der Waals surface area contributed by atoms with E-state index in [2.05, 4.69) is 25.9 Å². The molecule has 7 N–H and O–H groups in total. The summed E-state index contributed by atoms with van der Waals surface area (Å²) < 4.78 is 5.52. The number of carbonyl (C=O) groups excluding carboxylic acids is 2. The standard InChI is InChI=1S/C24H29N7O3/c1-2-12-27-22-19(23(33)30-20-6-4-3-5-17(20)15-34-13-11-25)14-28-24(31-22)29-18-9-7-16(8-10-18)21(26)32/h3-10,14H,2,11-13,15,25H2,1H3,(H2,26,32)(H,30,33)(H2,27,28,29,31). The number of nitrogens with zero attached hydrogens (tertiary/aromatic N) is 2. The first-order chi connectivity index (χ1) is 16.5. The maximum Gasteiger partial charge on any atom is 0.261 e. The van der Waals surface area contributed by atoms with Crippen molar-refractivity contribution >= 4 is 35.0 Å². The van der Waals surface area contributed by atoms with Gasteiger partial charge in [0.05, 0.1) is 13.2 Å². The maximum atomic E-state index is 13.1. The molecule has 2 amide bonds. The molecular formula is C24H29N7O3. The van der Waals surface area contributed by atoms with Crippen LogP contribution in [-0.4, -0.2) is 41.5 Å². The van der Waals surface area contributed by atoms with Crippen molar-refractivity contribution < 1.29 is 14.3 Å². The molecule has 2 aromatic carbocycles. The summed E-state index contributed by atoms with van der Waals surface area (Å²) in [7, 11) is 0. The SMILES string of the molecule is CCCNc1nc(Nc2ccc(C(N)=O)cc2)ncc1C(=O)Nc1ccccc1COCCN. The zero-order valence-electron chi connectivity index (χ0n) is 19.0. The molecule has 0 aliphatic carbocycles. The number of para-hydroxylation sites is 1. The van der Waals surface area contributed by atoms with Gasteiger partial charge in [-0.3, -0.25) is 9.59 Å². The number of nitrogens with one attached hydrogen (secondary N) is 3. The van der Waals surface area contributed by atoms with Crippen LogP contribution in [0.15, 0.2) is 54.7 Å². The summed E-state index contributed by atoms with van der Waals surface area (Å²) in [6.07, 6.45) is 2.32. The molecule has 34 heavy (non-hydrogen) atoms. The number of benzene rings is 2. The second-order valence-electron chi connectivity index (χ2n) is 7.40. The number of aromatic nitrogens is 2. The van der Waals surface area contributed by atoms with E-state index in [1.807, 2.05) is 31.2 Å². The molecule has 10 heteroatoms. The van der Waals surface area contributed by atoms with Gasteiger partial charge in [0.25, 0.3) is 5.91 Å². The number of nitrogens with two attached hydrogens (primary N) is 2. The number of carbonyl (C=O) groups is 2. The molecule has 0 saturated heterocycles. The van der Waals surface area contributed by atoms with Crippen LogP contribution in [0.3, 0.4) is 0 Å². The predicted molar refractivity (Wildman–Crippen MR) is 132 cm³/mol. The van der Waals surface area contributed by atoms with Crippen LogP contribution in [0, 0.1) is 0 Å². The lowest BCUT2D eigenvalue weighted by Crippen LogP contribution is -2.18. The first-order valence-electron chi connectivity index (χ1n) is 11.0. The van der Waals surface area contributed by atoms with Crippen LogP contribution >= 0.6 is 0 Å². The van der Waals surface area contributed by atoms with E-state index in [4.69, 9.17) is 16.2 Å². The van der Waals surface area contributed by atoms with Gasteiger partial charge in [-0.05, 0) is 36.8 Å². The number of rotatable bonds is 12. The molecule has 0 spiro atoms. The van der Waals surface area contributed by atoms with Crippen LogP contribution in [-0.2, 0) is 11.3 Å². The second kappa shape index (κ2) is 12.3. The predicted octanol–water partition coefficient (Wildman–Crippen LogP) is 2.87. The highest BCUT2D eigenvalue weighted by Crippen LogP contribution is 2.21. The summed E-state index contributed by atoms with van der Waals surface area (Å²) in [5, 5.41) is 9.17. The number of amides is 2. The quantitative estimate of drug-likeness (QED) is 0.257. The molecule has 0 aliphatic rings. The third-order valence-corrected chi connectivity index (χ3v) is 4.79. The van der Waals surface area contributed by atoms with Gasteiger partial charge >= 0.3 is 0 Å². The number of hydrogen-bond acceptors (Lipinski definition) is 8. The summed E-state index contributed by atoms with van der Waals surface area (Å²) in [6, 6.07) is 14.0. The van der Waals surface area contributed by atoms with Crippen LogP contribution in [0.1, 0.15) is 39.6 Å². The largest absolute Gasteiger partial charge is 0.375 e. The van der Waals surface area contributed by atoms with Crippen LogP contribution < -0.4 is 27.4 Å². The fraction of sp³-hybridized carbons (Fsp3) is 0.250. The van der Waals surface area contributed by atoms with E-state index in [9.17, 15) is 9.59 Å². The Morgan fingerprint density at radius 2 is 1.85 bits per heavy atom. The van der Waals surface area contributed by atoms with E-state index >= 15 is 0 Å². The van der Waals surface area contributed by atoms with Crippen LogP contribution in [0.2, 0.25) is 0 Å². The Morgan fingerprint density at radius 1 is 1.09 bits per heavy atom. The highest BCUT2D eigenvalue weighted by atomic mass is 16.5. The van der Waals surface area contributed by atoms with Crippen molar-refractivity contribution in [1.29, 1.82) is 0 Å². The molecule has 1 heterocycles. The maximum absolute atomic E-state index is 13.1. The third-order valence-electron chi connectivity index (χ3n) is 4.79. The van der Waals surface area contributed by atoms with E-state index in [1.165, 1.54) is 6.20 Å². The van der Waals surface area contributed by atoms with Crippen molar-refractivity contribution in [3.63, 3.8) is 0 Å². The molecule has 3 aromatic rings. The summed E-state index contributed by atoms with van der Waals surface area (Å²) in [5.74, 6) is -0.140. The van der Waals surface area contributed by atoms with Crippen LogP contribution in [0.4, 0.5) is 23.1 Å². The molecule has 10 nitrogen and oxygen atoms in total. The number of primary amides is 1. The highest BCUT2D eigenvalue weighted by Gasteiger charge is 2.16. The Morgan fingerprint density at radius 3 is 2.56 bits per heavy atom. The summed E-state index contributed by atoms with van der Waals surface area (Å²) in [4.78, 5) is 33.1. The monoisotopic (exact) mass is 463 g/mol. The van der Waals surface area contributed by atoms with Crippen molar-refractivity contribution in [2.24, 2.45) is 11.5 Å². The van der Waals surface area contributed by atoms with Gasteiger partial charge in [0.1, 0.15) is 11.4 Å². The summed E-state index contributed by atoms with van der Waals surface area (Å²) >= 11 is 0. The van der Waals surface area contributed by atoms with Gasteiger partial charge in [0, 0.05) is 41.8 Å². The van der Waals surface area contributed by atoms with Crippen LogP contribution in [0.25, 0.3) is 0 Å². The zero-order valence-corrected chi connectivity index (χ0v) is 19.0. The van der Waals surface area contributed by atoms with Gasteiger partial charge in [-0.25, -0.2) is 4.98 Å². The molecule has 3 rings (SSSR count). The third kappa shape index (κ3) is 6.74. The lowest BCUT2D eigenvalue weighted by Gasteiger charge is -2.14. The smallest absolute Gasteiger partial charge is 0.261 e. The Labute approximate surface area is 198 Å². The van der Waals surface area contributed by atoms with E-state index in [-0.39, 0.29) is 5.91 Å². The van der Waals surface area contributed by atoms with Crippen molar-refractivity contribution in [3.8, 4) is 0 Å². The molecule has 1 aromatic heterocycles. The van der Waals surface area contributed by atoms with E-state index in [0.717, 1.165) is 12.0 Å². The fourth-order valence-electron chi connectivity index (χ4n) is 3.06. The van der Waals surface area contributed by atoms with Crippen LogP contribution in [0.5, 0.6) is 0 Å². The van der Waals surface area contributed by atoms with Gasteiger partial charge in [0.2, 0.25) is 11.9 Å². The summed E-state index contributed by atoms with van der Waals surface area (Å²) in [5.41, 5.74) is 13.6. The van der Waals surface area contributed by atoms with Gasteiger partial charge < -0.3 is 32.2 Å². The molecule has 0 fully saturated rings. The fourth-order valence-corrected chi connectivity index (χ4v) is 3.06. The van der Waals surface area contributed by atoms with Crippen molar-refractivity contribution in [2.45, 2.75) is 20.0 Å². The normalized spacial score (nSPS) is 10.5. The van der Waals surface area contributed by atoms with Crippen molar-refractivity contribution in [2.75, 3.05) is 35.6 Å². The van der Waals surface area contributed by atoms with E-state index in [1.54, 1.807) is 24.3 Å². The second-order valence-corrected chi connectivity index (χ2v) is 7.40. The lowest BCUT2D eigenvalue weighted by atomic mass is 10.1. The molecule has 0 aliphatic heterocycles. The highest BCUT2D eigenvalue weighted by molar-refractivity contribution is 6.07. The van der Waals surface area contributed by atoms with E-state index < -0.39 is 5.91 Å². The van der Waals surface area contributed by atoms with Gasteiger partial charge in [-0.2, -0.15) is 4.98 Å². The topological polar surface area (TPSA) is 157 Å². The Balaban J connectivity index is 1.79. The lowest BCUT2D eigenvalue weighted by molar-refractivity contribution is 0.0997. The van der Waals surface area contributed by atoms with E-state index in [0.29, 0.717) is 60.6 Å². The minimum absolute atomic E-state index is 0.303. The number of anilines is 4. The average molecular weight is 464 g/mol.